The Bertz CT molecular complexity index is 477. The molecule has 1 aliphatic heterocycles. The second kappa shape index (κ2) is 5.36. The number of carboxylic acid groups (broad SMARTS) is 1. The zero-order chi connectivity index (χ0) is 13.9. The molecule has 3 N–H and O–H groups in total. The van der Waals surface area contributed by atoms with E-state index in [1.165, 1.54) is 4.90 Å². The summed E-state index contributed by atoms with van der Waals surface area (Å²) in [6, 6.07) is 5.56. The molecule has 1 aliphatic rings. The third-order valence-electron chi connectivity index (χ3n) is 3.40. The normalized spacial score (nSPS) is 22.5. The molecule has 1 amide bonds. The number of aromatic nitrogens is 1. The molecule has 19 heavy (non-hydrogen) atoms. The molecule has 0 aromatic carbocycles. The highest BCUT2D eigenvalue weighted by Gasteiger charge is 2.42. The van der Waals surface area contributed by atoms with Gasteiger partial charge in [0, 0.05) is 31.4 Å². The van der Waals surface area contributed by atoms with Crippen LogP contribution in [0.25, 0.3) is 0 Å². The number of pyridine rings is 1. The Balaban J connectivity index is 1.87. The second-order valence-electron chi connectivity index (χ2n) is 4.85. The SMILES string of the molecule is NC1(C(=O)O)CCN(C(=O)CCc2ccccn2)C1. The highest BCUT2D eigenvalue weighted by atomic mass is 16.4. The van der Waals surface area contributed by atoms with Gasteiger partial charge in [0.1, 0.15) is 5.54 Å². The fraction of sp³-hybridized carbons (Fsp3) is 0.462. The van der Waals surface area contributed by atoms with Gasteiger partial charge in [0.25, 0.3) is 0 Å². The number of nitrogens with two attached hydrogens (primary N) is 1. The van der Waals surface area contributed by atoms with Gasteiger partial charge in [-0.1, -0.05) is 6.07 Å². The first-order chi connectivity index (χ1) is 9.01. The Morgan fingerprint density at radius 3 is 2.84 bits per heavy atom. The molecule has 2 heterocycles. The number of aryl methyl sites for hydroxylation is 1. The van der Waals surface area contributed by atoms with E-state index in [9.17, 15) is 9.59 Å². The van der Waals surface area contributed by atoms with Crippen LogP contribution >= 0.6 is 0 Å². The zero-order valence-electron chi connectivity index (χ0n) is 10.6. The summed E-state index contributed by atoms with van der Waals surface area (Å²) < 4.78 is 0. The summed E-state index contributed by atoms with van der Waals surface area (Å²) in [6.07, 6.45) is 2.87. The van der Waals surface area contributed by atoms with Gasteiger partial charge >= 0.3 is 5.97 Å². The number of carboxylic acids is 1. The fourth-order valence-corrected chi connectivity index (χ4v) is 2.16. The first-order valence-electron chi connectivity index (χ1n) is 6.21. The maximum Gasteiger partial charge on any atom is 0.325 e. The summed E-state index contributed by atoms with van der Waals surface area (Å²) in [7, 11) is 0. The molecule has 2 rings (SSSR count). The van der Waals surface area contributed by atoms with Gasteiger partial charge in [0.2, 0.25) is 5.91 Å². The molecular formula is C13H17N3O3. The molecule has 1 fully saturated rings. The average Bonchev–Trinajstić information content (AvgIpc) is 2.81. The number of hydrogen-bond acceptors (Lipinski definition) is 4. The van der Waals surface area contributed by atoms with Crippen molar-refractivity contribution < 1.29 is 14.7 Å². The summed E-state index contributed by atoms with van der Waals surface area (Å²) >= 11 is 0. The van der Waals surface area contributed by atoms with Gasteiger partial charge in [-0.2, -0.15) is 0 Å². The number of amides is 1. The third-order valence-corrected chi connectivity index (χ3v) is 3.40. The van der Waals surface area contributed by atoms with E-state index in [1.807, 2.05) is 18.2 Å². The van der Waals surface area contributed by atoms with Crippen LogP contribution < -0.4 is 5.73 Å². The summed E-state index contributed by atoms with van der Waals surface area (Å²) in [5.74, 6) is -1.12. The predicted octanol–water partition coefficient (Wildman–Crippen LogP) is 0.0286. The lowest BCUT2D eigenvalue weighted by atomic mass is 10.0. The lowest BCUT2D eigenvalue weighted by Crippen LogP contribution is -2.50. The van der Waals surface area contributed by atoms with Crippen LogP contribution in [0, 0.1) is 0 Å². The van der Waals surface area contributed by atoms with Crippen LogP contribution in [-0.2, 0) is 16.0 Å². The molecule has 1 unspecified atom stereocenters. The fourth-order valence-electron chi connectivity index (χ4n) is 2.16. The second-order valence-corrected chi connectivity index (χ2v) is 4.85. The monoisotopic (exact) mass is 263 g/mol. The van der Waals surface area contributed by atoms with E-state index in [0.29, 0.717) is 25.8 Å². The topological polar surface area (TPSA) is 96.5 Å². The van der Waals surface area contributed by atoms with Crippen molar-refractivity contribution in [2.75, 3.05) is 13.1 Å². The third kappa shape index (κ3) is 3.08. The first-order valence-corrected chi connectivity index (χ1v) is 6.21. The Morgan fingerprint density at radius 2 is 2.26 bits per heavy atom. The Kier molecular flexibility index (Phi) is 3.80. The Hall–Kier alpha value is -1.95. The number of carbonyl (C=O) groups excluding carboxylic acids is 1. The molecule has 0 radical (unpaired) electrons. The highest BCUT2D eigenvalue weighted by molar-refractivity contribution is 5.83. The van der Waals surface area contributed by atoms with Crippen molar-refractivity contribution in [1.29, 1.82) is 0 Å². The van der Waals surface area contributed by atoms with E-state index < -0.39 is 11.5 Å². The maximum atomic E-state index is 12.0. The van der Waals surface area contributed by atoms with Crippen LogP contribution in [0.1, 0.15) is 18.5 Å². The predicted molar refractivity (Wildman–Crippen MR) is 68.3 cm³/mol. The average molecular weight is 263 g/mol. The summed E-state index contributed by atoms with van der Waals surface area (Å²) in [6.45, 7) is 0.493. The van der Waals surface area contributed by atoms with Crippen molar-refractivity contribution >= 4 is 11.9 Å². The van der Waals surface area contributed by atoms with E-state index >= 15 is 0 Å². The van der Waals surface area contributed by atoms with Gasteiger partial charge in [-0.15, -0.1) is 0 Å². The lowest BCUT2D eigenvalue weighted by molar-refractivity contribution is -0.143. The van der Waals surface area contributed by atoms with Crippen LogP contribution in [0.4, 0.5) is 0 Å². The van der Waals surface area contributed by atoms with Gasteiger partial charge < -0.3 is 15.7 Å². The number of aliphatic carboxylic acids is 1. The molecule has 6 nitrogen and oxygen atoms in total. The number of carbonyl (C=O) groups is 2. The maximum absolute atomic E-state index is 12.0. The number of hydrogen-bond donors (Lipinski definition) is 2. The molecule has 0 bridgehead atoms. The van der Waals surface area contributed by atoms with Crippen LogP contribution in [0.5, 0.6) is 0 Å². The van der Waals surface area contributed by atoms with E-state index in [-0.39, 0.29) is 12.5 Å². The van der Waals surface area contributed by atoms with E-state index in [2.05, 4.69) is 4.98 Å². The van der Waals surface area contributed by atoms with Crippen molar-refractivity contribution in [1.82, 2.24) is 9.88 Å². The summed E-state index contributed by atoms with van der Waals surface area (Å²) in [5.41, 5.74) is 5.29. The van der Waals surface area contributed by atoms with Crippen molar-refractivity contribution in [2.24, 2.45) is 5.73 Å². The highest BCUT2D eigenvalue weighted by Crippen LogP contribution is 2.20. The van der Waals surface area contributed by atoms with Crippen LogP contribution in [0.15, 0.2) is 24.4 Å². The first kappa shape index (κ1) is 13.5. The lowest BCUT2D eigenvalue weighted by Gasteiger charge is -2.20. The van der Waals surface area contributed by atoms with Crippen molar-refractivity contribution in [3.05, 3.63) is 30.1 Å². The summed E-state index contributed by atoms with van der Waals surface area (Å²) in [4.78, 5) is 28.6. The van der Waals surface area contributed by atoms with E-state index in [4.69, 9.17) is 10.8 Å². The van der Waals surface area contributed by atoms with Crippen LogP contribution in [0.3, 0.4) is 0 Å². The minimum Gasteiger partial charge on any atom is -0.480 e. The van der Waals surface area contributed by atoms with Crippen molar-refractivity contribution in [3.63, 3.8) is 0 Å². The van der Waals surface area contributed by atoms with Crippen LogP contribution in [0.2, 0.25) is 0 Å². The number of nitrogens with zero attached hydrogens (tertiary/aromatic N) is 2. The Labute approximate surface area is 111 Å². The summed E-state index contributed by atoms with van der Waals surface area (Å²) in [5, 5.41) is 9.01. The molecular weight excluding hydrogens is 246 g/mol. The number of likely N-dealkylation sites (tertiary alicyclic amines) is 1. The van der Waals surface area contributed by atoms with Gasteiger partial charge in [-0.25, -0.2) is 0 Å². The van der Waals surface area contributed by atoms with E-state index in [0.717, 1.165) is 5.69 Å². The minimum absolute atomic E-state index is 0.0702. The molecule has 1 aromatic heterocycles. The molecule has 0 spiro atoms. The molecule has 0 aliphatic carbocycles. The Morgan fingerprint density at radius 1 is 1.47 bits per heavy atom. The van der Waals surface area contributed by atoms with Gasteiger partial charge in [-0.3, -0.25) is 14.6 Å². The standard InChI is InChI=1S/C13H17N3O3/c14-13(12(18)19)6-8-16(9-13)11(17)5-4-10-3-1-2-7-15-10/h1-3,7H,4-6,8-9,14H2,(H,18,19). The molecule has 1 saturated heterocycles. The van der Waals surface area contributed by atoms with E-state index in [1.54, 1.807) is 6.20 Å². The molecule has 102 valence electrons. The largest absolute Gasteiger partial charge is 0.480 e. The van der Waals surface area contributed by atoms with Crippen molar-refractivity contribution in [3.8, 4) is 0 Å². The molecule has 0 saturated carbocycles. The van der Waals surface area contributed by atoms with Gasteiger partial charge in [0.05, 0.1) is 0 Å². The smallest absolute Gasteiger partial charge is 0.325 e. The molecule has 1 atom stereocenters. The minimum atomic E-state index is -1.29. The molecule has 6 heteroatoms. The van der Waals surface area contributed by atoms with Crippen LogP contribution in [-0.4, -0.2) is 45.5 Å². The molecule has 1 aromatic rings. The van der Waals surface area contributed by atoms with Gasteiger partial charge in [0.15, 0.2) is 0 Å². The zero-order valence-corrected chi connectivity index (χ0v) is 10.6. The van der Waals surface area contributed by atoms with Gasteiger partial charge in [-0.05, 0) is 25.0 Å². The number of rotatable bonds is 4. The quantitative estimate of drug-likeness (QED) is 0.798. The van der Waals surface area contributed by atoms with Crippen molar-refractivity contribution in [2.45, 2.75) is 24.8 Å².